The predicted octanol–water partition coefficient (Wildman–Crippen LogP) is 2.88. The van der Waals surface area contributed by atoms with Crippen LogP contribution in [-0.2, 0) is 13.1 Å². The third-order valence-electron chi connectivity index (χ3n) is 5.80. The third kappa shape index (κ3) is 4.71. The number of hydrogen-bond acceptors (Lipinski definition) is 6. The van der Waals surface area contributed by atoms with Crippen LogP contribution in [0.15, 0.2) is 34.3 Å². The summed E-state index contributed by atoms with van der Waals surface area (Å²) in [5, 5.41) is 21.5. The molecule has 3 aliphatic rings. The van der Waals surface area contributed by atoms with Gasteiger partial charge in [0.15, 0.2) is 0 Å². The molecule has 1 saturated heterocycles. The monoisotopic (exact) mass is 406 g/mol. The Morgan fingerprint density at radius 3 is 1.47 bits per heavy atom. The van der Waals surface area contributed by atoms with Crippen LogP contribution in [-0.4, -0.2) is 71.7 Å². The van der Waals surface area contributed by atoms with Gasteiger partial charge >= 0.3 is 0 Å². The van der Waals surface area contributed by atoms with Crippen molar-refractivity contribution in [3.63, 3.8) is 0 Å². The van der Waals surface area contributed by atoms with Gasteiger partial charge in [-0.2, -0.15) is 0 Å². The Kier molecular flexibility index (Phi) is 6.16. The van der Waals surface area contributed by atoms with Gasteiger partial charge in [-0.15, -0.1) is 0 Å². The van der Waals surface area contributed by atoms with Crippen LogP contribution in [0, 0.1) is 13.8 Å². The van der Waals surface area contributed by atoms with Crippen LogP contribution in [0.2, 0.25) is 0 Å². The number of fused-ring (bicyclic) bond motifs is 5. The van der Waals surface area contributed by atoms with Crippen molar-refractivity contribution in [2.45, 2.75) is 26.9 Å². The Labute approximate surface area is 178 Å². The number of aromatic hydroxyl groups is 2. The van der Waals surface area contributed by atoms with Crippen LogP contribution in [0.3, 0.4) is 0 Å². The molecule has 6 heteroatoms. The first-order chi connectivity index (χ1) is 14.5. The van der Waals surface area contributed by atoms with E-state index in [4.69, 9.17) is 0 Å². The summed E-state index contributed by atoms with van der Waals surface area (Å²) in [5.74, 6) is 0.651. The number of rotatable bonds is 0. The van der Waals surface area contributed by atoms with E-state index in [0.717, 1.165) is 72.6 Å². The molecule has 0 amide bonds. The van der Waals surface area contributed by atoms with E-state index in [1.807, 2.05) is 12.1 Å². The van der Waals surface area contributed by atoms with E-state index < -0.39 is 0 Å². The number of phenols is 2. The van der Waals surface area contributed by atoms with Gasteiger partial charge in [0.1, 0.15) is 11.5 Å². The van der Waals surface area contributed by atoms with Crippen LogP contribution in [0.4, 0.5) is 0 Å². The highest BCUT2D eigenvalue weighted by atomic mass is 16.3. The van der Waals surface area contributed by atoms with Gasteiger partial charge in [-0.1, -0.05) is 12.1 Å². The molecule has 0 saturated carbocycles. The zero-order valence-electron chi connectivity index (χ0n) is 17.8. The predicted molar refractivity (Wildman–Crippen MR) is 121 cm³/mol. The molecule has 3 aliphatic heterocycles. The molecule has 2 N–H and O–H groups in total. The minimum absolute atomic E-state index is 0.326. The Bertz CT molecular complexity index is 896. The Hall–Kier alpha value is -2.70. The van der Waals surface area contributed by atoms with Crippen molar-refractivity contribution in [1.29, 1.82) is 0 Å². The smallest absolute Gasteiger partial charge is 0.128 e. The summed E-state index contributed by atoms with van der Waals surface area (Å²) in [7, 11) is 0. The number of aryl methyl sites for hydroxylation is 2. The van der Waals surface area contributed by atoms with E-state index in [2.05, 4.69) is 45.8 Å². The lowest BCUT2D eigenvalue weighted by Gasteiger charge is -2.35. The zero-order chi connectivity index (χ0) is 21.1. The van der Waals surface area contributed by atoms with Gasteiger partial charge in [0, 0.05) is 74.0 Å². The summed E-state index contributed by atoms with van der Waals surface area (Å²) < 4.78 is 0. The van der Waals surface area contributed by atoms with E-state index in [0.29, 0.717) is 24.6 Å². The van der Waals surface area contributed by atoms with Gasteiger partial charge < -0.3 is 10.2 Å². The van der Waals surface area contributed by atoms with Gasteiger partial charge in [0.2, 0.25) is 0 Å². The SMILES string of the molecule is Cc1cc2c(O)c(c1)CN1CCN(CC1)Cc1cc(C)cc(c1O)C=NCCN=C2. The maximum absolute atomic E-state index is 10.7. The summed E-state index contributed by atoms with van der Waals surface area (Å²) in [5.41, 5.74) is 5.67. The van der Waals surface area contributed by atoms with E-state index >= 15 is 0 Å². The lowest BCUT2D eigenvalue weighted by atomic mass is 10.0. The highest BCUT2D eigenvalue weighted by Gasteiger charge is 2.20. The zero-order valence-corrected chi connectivity index (χ0v) is 17.8. The molecule has 0 aromatic heterocycles. The van der Waals surface area contributed by atoms with Crippen LogP contribution in [0.25, 0.3) is 0 Å². The molecule has 2 aromatic rings. The van der Waals surface area contributed by atoms with Crippen molar-refractivity contribution in [2.75, 3.05) is 39.3 Å². The number of piperazine rings is 1. The molecule has 0 spiro atoms. The molecule has 6 bridgehead atoms. The first-order valence-corrected chi connectivity index (χ1v) is 10.6. The quantitative estimate of drug-likeness (QED) is 0.706. The molecular formula is C24H30N4O2. The molecule has 0 aliphatic carbocycles. The second-order valence-corrected chi connectivity index (χ2v) is 8.35. The second-order valence-electron chi connectivity index (χ2n) is 8.35. The second kappa shape index (κ2) is 8.98. The molecule has 2 aromatic carbocycles. The van der Waals surface area contributed by atoms with E-state index in [1.165, 1.54) is 0 Å². The molecule has 3 heterocycles. The van der Waals surface area contributed by atoms with Crippen molar-refractivity contribution in [3.8, 4) is 11.5 Å². The first kappa shape index (κ1) is 20.6. The molecule has 6 nitrogen and oxygen atoms in total. The Balaban J connectivity index is 1.65. The maximum atomic E-state index is 10.7. The van der Waals surface area contributed by atoms with E-state index in [1.54, 1.807) is 12.4 Å². The van der Waals surface area contributed by atoms with Crippen molar-refractivity contribution >= 4 is 12.4 Å². The molecule has 0 radical (unpaired) electrons. The number of benzene rings is 2. The average molecular weight is 407 g/mol. The summed E-state index contributed by atoms with van der Waals surface area (Å²) in [4.78, 5) is 13.6. The minimum atomic E-state index is 0.326. The van der Waals surface area contributed by atoms with Crippen molar-refractivity contribution in [3.05, 3.63) is 57.6 Å². The number of phenolic OH excluding ortho intramolecular Hbond substituents is 2. The van der Waals surface area contributed by atoms with Gasteiger partial charge in [-0.3, -0.25) is 19.8 Å². The third-order valence-corrected chi connectivity index (χ3v) is 5.80. The first-order valence-electron chi connectivity index (χ1n) is 10.6. The van der Waals surface area contributed by atoms with Crippen LogP contribution in [0.5, 0.6) is 11.5 Å². The highest BCUT2D eigenvalue weighted by Crippen LogP contribution is 2.27. The largest absolute Gasteiger partial charge is 0.507 e. The number of nitrogens with zero attached hydrogens (tertiary/aromatic N) is 4. The highest BCUT2D eigenvalue weighted by molar-refractivity contribution is 5.85. The molecular weight excluding hydrogens is 376 g/mol. The molecule has 30 heavy (non-hydrogen) atoms. The van der Waals surface area contributed by atoms with Gasteiger partial charge in [0.05, 0.1) is 13.1 Å². The van der Waals surface area contributed by atoms with Gasteiger partial charge in [0.25, 0.3) is 0 Å². The van der Waals surface area contributed by atoms with Crippen molar-refractivity contribution in [2.24, 2.45) is 9.98 Å². The molecule has 158 valence electrons. The van der Waals surface area contributed by atoms with Crippen molar-refractivity contribution < 1.29 is 10.2 Å². The Morgan fingerprint density at radius 1 is 0.667 bits per heavy atom. The van der Waals surface area contributed by atoms with Crippen LogP contribution < -0.4 is 0 Å². The van der Waals surface area contributed by atoms with Crippen LogP contribution in [0.1, 0.15) is 33.4 Å². The van der Waals surface area contributed by atoms with E-state index in [9.17, 15) is 10.2 Å². The normalized spacial score (nSPS) is 21.9. The lowest BCUT2D eigenvalue weighted by molar-refractivity contribution is 0.120. The fourth-order valence-corrected chi connectivity index (χ4v) is 4.23. The minimum Gasteiger partial charge on any atom is -0.507 e. The average Bonchev–Trinajstić information content (AvgIpc) is 2.71. The Morgan fingerprint density at radius 2 is 1.07 bits per heavy atom. The summed E-state index contributed by atoms with van der Waals surface area (Å²) in [6, 6.07) is 8.06. The van der Waals surface area contributed by atoms with Crippen LogP contribution >= 0.6 is 0 Å². The fourth-order valence-electron chi connectivity index (χ4n) is 4.23. The van der Waals surface area contributed by atoms with E-state index in [-0.39, 0.29) is 0 Å². The maximum Gasteiger partial charge on any atom is 0.128 e. The molecule has 0 unspecified atom stereocenters. The molecule has 5 rings (SSSR count). The lowest BCUT2D eigenvalue weighted by Crippen LogP contribution is -2.45. The summed E-state index contributed by atoms with van der Waals surface area (Å²) in [6.07, 6.45) is 3.48. The van der Waals surface area contributed by atoms with Gasteiger partial charge in [-0.05, 0) is 37.1 Å². The number of aliphatic imine (C=N–C) groups is 2. The molecule has 0 atom stereocenters. The molecule has 1 fully saturated rings. The topological polar surface area (TPSA) is 71.7 Å². The summed E-state index contributed by atoms with van der Waals surface area (Å²) >= 11 is 0. The fraction of sp³-hybridized carbons (Fsp3) is 0.417. The number of hydrogen-bond donors (Lipinski definition) is 2. The van der Waals surface area contributed by atoms with Gasteiger partial charge in [-0.25, -0.2) is 0 Å². The standard InChI is InChI=1S/C24H30N4O2/c1-17-9-19-13-25-3-4-26-14-20-10-18(2)12-22(24(20)30)16-28-7-5-27(6-8-28)15-21(11-17)23(19)29/h9-14,29-30H,3-8,15-16H2,1-2H3. The van der Waals surface area contributed by atoms with Crippen molar-refractivity contribution in [1.82, 2.24) is 9.80 Å². The summed E-state index contributed by atoms with van der Waals surface area (Å²) in [6.45, 7) is 10.3.